The number of benzene rings is 1. The number of carboxylic acid groups (broad SMARTS) is 1. The van der Waals surface area contributed by atoms with Crippen molar-refractivity contribution in [2.75, 3.05) is 11.9 Å². The number of carboxylic acids is 1. The van der Waals surface area contributed by atoms with Crippen LogP contribution in [0.2, 0.25) is 0 Å². The van der Waals surface area contributed by atoms with Crippen molar-refractivity contribution >= 4 is 11.7 Å². The Morgan fingerprint density at radius 3 is 2.75 bits per heavy atom. The third-order valence-corrected chi connectivity index (χ3v) is 2.00. The highest BCUT2D eigenvalue weighted by Gasteiger charge is 2.14. The number of hydrogen-bond donors (Lipinski definition) is 2. The highest BCUT2D eigenvalue weighted by Crippen LogP contribution is 2.14. The number of nitrogens with one attached hydrogen (secondary N) is 1. The summed E-state index contributed by atoms with van der Waals surface area (Å²) in [7, 11) is 0. The Balaban J connectivity index is 2.64. The van der Waals surface area contributed by atoms with E-state index in [9.17, 15) is 9.18 Å². The smallest absolute Gasteiger partial charge is 0.307 e. The van der Waals surface area contributed by atoms with Gasteiger partial charge in [0.2, 0.25) is 0 Å². The van der Waals surface area contributed by atoms with Crippen LogP contribution in [0.15, 0.2) is 24.3 Å². The van der Waals surface area contributed by atoms with E-state index in [1.54, 1.807) is 24.3 Å². The zero-order chi connectivity index (χ0) is 12.2. The Morgan fingerprint density at radius 2 is 2.19 bits per heavy atom. The van der Waals surface area contributed by atoms with Crippen molar-refractivity contribution in [1.82, 2.24) is 0 Å². The van der Waals surface area contributed by atoms with Crippen LogP contribution in [-0.2, 0) is 11.2 Å². The molecule has 0 fully saturated rings. The molecule has 2 N–H and O–H groups in total. The first kappa shape index (κ1) is 12.5. The van der Waals surface area contributed by atoms with Gasteiger partial charge in [0, 0.05) is 12.2 Å². The fourth-order valence-corrected chi connectivity index (χ4v) is 1.28. The summed E-state index contributed by atoms with van der Waals surface area (Å²) >= 11 is 0. The van der Waals surface area contributed by atoms with Crippen LogP contribution in [-0.4, -0.2) is 23.3 Å². The monoisotopic (exact) mass is 225 g/mol. The molecular weight excluding hydrogens is 209 g/mol. The van der Waals surface area contributed by atoms with Gasteiger partial charge < -0.3 is 10.4 Å². The maximum Gasteiger partial charge on any atom is 0.307 e. The molecule has 1 rings (SSSR count). The molecule has 1 aromatic rings. The Morgan fingerprint density at radius 1 is 1.50 bits per heavy atom. The van der Waals surface area contributed by atoms with Crippen molar-refractivity contribution in [3.05, 3.63) is 29.8 Å². The average Bonchev–Trinajstić information content (AvgIpc) is 2.13. The Bertz CT molecular complexity index is 372. The van der Waals surface area contributed by atoms with E-state index in [2.05, 4.69) is 5.32 Å². The van der Waals surface area contributed by atoms with Crippen molar-refractivity contribution in [2.45, 2.75) is 25.9 Å². The molecule has 4 heteroatoms. The van der Waals surface area contributed by atoms with Gasteiger partial charge in [-0.2, -0.15) is 0 Å². The maximum absolute atomic E-state index is 13.2. The standard InChI is InChI=1S/C12H16FNO2/c1-12(2,13)8-14-10-5-3-4-9(6-10)7-11(15)16/h3-6,14H,7-8H2,1-2H3,(H,15,16). The lowest BCUT2D eigenvalue weighted by molar-refractivity contribution is -0.136. The van der Waals surface area contributed by atoms with Crippen LogP contribution in [0.4, 0.5) is 10.1 Å². The number of carbonyl (C=O) groups is 1. The van der Waals surface area contributed by atoms with E-state index in [-0.39, 0.29) is 13.0 Å². The third-order valence-electron chi connectivity index (χ3n) is 2.00. The van der Waals surface area contributed by atoms with Gasteiger partial charge in [-0.1, -0.05) is 12.1 Å². The second-order valence-corrected chi connectivity index (χ2v) is 4.34. The van der Waals surface area contributed by atoms with Gasteiger partial charge in [-0.25, -0.2) is 4.39 Å². The third kappa shape index (κ3) is 4.77. The fourth-order valence-electron chi connectivity index (χ4n) is 1.28. The molecule has 88 valence electrons. The van der Waals surface area contributed by atoms with E-state index in [4.69, 9.17) is 5.11 Å². The van der Waals surface area contributed by atoms with E-state index in [0.717, 1.165) is 5.69 Å². The molecule has 1 aromatic carbocycles. The second kappa shape index (κ2) is 4.96. The minimum atomic E-state index is -1.29. The van der Waals surface area contributed by atoms with Crippen LogP contribution in [0.5, 0.6) is 0 Å². The largest absolute Gasteiger partial charge is 0.481 e. The van der Waals surface area contributed by atoms with E-state index in [1.165, 1.54) is 13.8 Å². The minimum absolute atomic E-state index is 0.0193. The molecule has 3 nitrogen and oxygen atoms in total. The zero-order valence-electron chi connectivity index (χ0n) is 9.46. The van der Waals surface area contributed by atoms with Gasteiger partial charge >= 0.3 is 5.97 Å². The summed E-state index contributed by atoms with van der Waals surface area (Å²) in [6.45, 7) is 3.17. The predicted molar refractivity (Wildman–Crippen MR) is 61.5 cm³/mol. The number of halogens is 1. The first-order valence-corrected chi connectivity index (χ1v) is 5.10. The van der Waals surface area contributed by atoms with E-state index < -0.39 is 11.6 Å². The molecule has 0 atom stereocenters. The second-order valence-electron chi connectivity index (χ2n) is 4.34. The van der Waals surface area contributed by atoms with Gasteiger partial charge in [-0.05, 0) is 31.5 Å². The van der Waals surface area contributed by atoms with Crippen molar-refractivity contribution in [1.29, 1.82) is 0 Å². The summed E-state index contributed by atoms with van der Waals surface area (Å²) in [5.74, 6) is -0.872. The molecule has 0 bridgehead atoms. The van der Waals surface area contributed by atoms with Crippen molar-refractivity contribution in [3.8, 4) is 0 Å². The van der Waals surface area contributed by atoms with Crippen LogP contribution in [0.1, 0.15) is 19.4 Å². The van der Waals surface area contributed by atoms with E-state index in [0.29, 0.717) is 5.56 Å². The van der Waals surface area contributed by atoms with Gasteiger partial charge in [0.15, 0.2) is 0 Å². The van der Waals surface area contributed by atoms with Crippen molar-refractivity contribution < 1.29 is 14.3 Å². The van der Waals surface area contributed by atoms with Gasteiger partial charge in [0.05, 0.1) is 6.42 Å². The van der Waals surface area contributed by atoms with Crippen molar-refractivity contribution in [3.63, 3.8) is 0 Å². The highest BCUT2D eigenvalue weighted by molar-refractivity contribution is 5.70. The number of aliphatic carboxylic acids is 1. The first-order chi connectivity index (χ1) is 7.37. The molecule has 0 saturated carbocycles. The minimum Gasteiger partial charge on any atom is -0.481 e. The Hall–Kier alpha value is -1.58. The van der Waals surface area contributed by atoms with Crippen LogP contribution in [0.3, 0.4) is 0 Å². The summed E-state index contributed by atoms with van der Waals surface area (Å²) in [5, 5.41) is 11.6. The summed E-state index contributed by atoms with van der Waals surface area (Å²) in [6, 6.07) is 7.00. The fraction of sp³-hybridized carbons (Fsp3) is 0.417. The topological polar surface area (TPSA) is 49.3 Å². The number of hydrogen-bond acceptors (Lipinski definition) is 2. The van der Waals surface area contributed by atoms with Gasteiger partial charge in [-0.3, -0.25) is 4.79 Å². The quantitative estimate of drug-likeness (QED) is 0.809. The molecule has 0 heterocycles. The molecule has 0 aliphatic heterocycles. The van der Waals surface area contributed by atoms with Crippen molar-refractivity contribution in [2.24, 2.45) is 0 Å². The maximum atomic E-state index is 13.2. The van der Waals surface area contributed by atoms with E-state index in [1.807, 2.05) is 0 Å². The summed E-state index contributed by atoms with van der Waals surface area (Å²) in [4.78, 5) is 10.5. The lowest BCUT2D eigenvalue weighted by Crippen LogP contribution is -2.24. The molecular formula is C12H16FNO2. The van der Waals surface area contributed by atoms with Crippen LogP contribution >= 0.6 is 0 Å². The lowest BCUT2D eigenvalue weighted by Gasteiger charge is -2.16. The van der Waals surface area contributed by atoms with Crippen LogP contribution in [0, 0.1) is 0 Å². The number of rotatable bonds is 5. The summed E-state index contributed by atoms with van der Waals surface area (Å²) in [6.07, 6.45) is -0.0193. The van der Waals surface area contributed by atoms with E-state index >= 15 is 0 Å². The Kier molecular flexibility index (Phi) is 3.88. The first-order valence-electron chi connectivity index (χ1n) is 5.10. The summed E-state index contributed by atoms with van der Waals surface area (Å²) in [5.41, 5.74) is 0.154. The van der Waals surface area contributed by atoms with Crippen LogP contribution < -0.4 is 5.32 Å². The molecule has 0 radical (unpaired) electrons. The average molecular weight is 225 g/mol. The van der Waals surface area contributed by atoms with Gasteiger partial charge in [-0.15, -0.1) is 0 Å². The van der Waals surface area contributed by atoms with Gasteiger partial charge in [0.1, 0.15) is 5.67 Å². The zero-order valence-corrected chi connectivity index (χ0v) is 9.46. The molecule has 16 heavy (non-hydrogen) atoms. The van der Waals surface area contributed by atoms with Crippen LogP contribution in [0.25, 0.3) is 0 Å². The highest BCUT2D eigenvalue weighted by atomic mass is 19.1. The molecule has 0 spiro atoms. The molecule has 0 aliphatic carbocycles. The molecule has 0 saturated heterocycles. The van der Waals surface area contributed by atoms with Gasteiger partial charge in [0.25, 0.3) is 0 Å². The summed E-state index contributed by atoms with van der Waals surface area (Å²) < 4.78 is 13.2. The normalized spacial score (nSPS) is 11.2. The molecule has 0 aliphatic rings. The molecule has 0 amide bonds. The SMILES string of the molecule is CC(C)(F)CNc1cccc(CC(=O)O)c1. The predicted octanol–water partition coefficient (Wildman–Crippen LogP) is 2.47. The Labute approximate surface area is 94.3 Å². The molecule has 0 unspecified atom stereocenters. The lowest BCUT2D eigenvalue weighted by atomic mass is 10.1. The number of anilines is 1. The molecule has 0 aromatic heterocycles. The number of alkyl halides is 1.